The summed E-state index contributed by atoms with van der Waals surface area (Å²) in [6, 6.07) is 5.00. The Labute approximate surface area is 142 Å². The molecular weight excluding hydrogens is 310 g/mol. The van der Waals surface area contributed by atoms with Crippen LogP contribution in [-0.4, -0.2) is 36.2 Å². The molecule has 1 aromatic carbocycles. The van der Waals surface area contributed by atoms with Crippen LogP contribution in [0.1, 0.15) is 49.9 Å². The molecule has 1 saturated carbocycles. The molecule has 0 aromatic heterocycles. The number of ether oxygens (including phenoxy) is 2. The van der Waals surface area contributed by atoms with Gasteiger partial charge in [0.1, 0.15) is 0 Å². The molecule has 0 aliphatic heterocycles. The van der Waals surface area contributed by atoms with Crippen LogP contribution in [0.25, 0.3) is 0 Å². The summed E-state index contributed by atoms with van der Waals surface area (Å²) in [4.78, 5) is 23.1. The van der Waals surface area contributed by atoms with Crippen molar-refractivity contribution in [2.24, 2.45) is 5.92 Å². The maximum Gasteiger partial charge on any atom is 0.341 e. The van der Waals surface area contributed by atoms with Crippen molar-refractivity contribution in [3.05, 3.63) is 23.8 Å². The summed E-state index contributed by atoms with van der Waals surface area (Å²) in [5.74, 6) is -0.0257. The van der Waals surface area contributed by atoms with Gasteiger partial charge in [-0.3, -0.25) is 4.79 Å². The normalized spacial score (nSPS) is 20.2. The molecule has 1 fully saturated rings. The summed E-state index contributed by atoms with van der Waals surface area (Å²) in [6.45, 7) is 3.93. The van der Waals surface area contributed by atoms with Crippen LogP contribution < -0.4 is 14.8 Å². The van der Waals surface area contributed by atoms with Gasteiger partial charge < -0.3 is 19.9 Å². The van der Waals surface area contributed by atoms with Crippen LogP contribution in [0, 0.1) is 5.92 Å². The zero-order valence-corrected chi connectivity index (χ0v) is 14.2. The maximum absolute atomic E-state index is 12.5. The van der Waals surface area contributed by atoms with E-state index >= 15 is 0 Å². The van der Waals surface area contributed by atoms with Gasteiger partial charge in [0.15, 0.2) is 18.1 Å². The van der Waals surface area contributed by atoms with Crippen molar-refractivity contribution < 1.29 is 24.2 Å². The van der Waals surface area contributed by atoms with E-state index in [-0.39, 0.29) is 11.9 Å². The fraction of sp³-hybridized carbons (Fsp3) is 0.556. The minimum absolute atomic E-state index is 0.139. The number of rotatable bonds is 7. The molecule has 1 amide bonds. The van der Waals surface area contributed by atoms with Gasteiger partial charge in [-0.05, 0) is 43.9 Å². The molecule has 1 aliphatic carbocycles. The fourth-order valence-electron chi connectivity index (χ4n) is 2.96. The Bertz CT molecular complexity index is 587. The molecule has 2 N–H and O–H groups in total. The lowest BCUT2D eigenvalue weighted by Crippen LogP contribution is -2.41. The third-order valence-corrected chi connectivity index (χ3v) is 4.28. The third-order valence-electron chi connectivity index (χ3n) is 4.28. The van der Waals surface area contributed by atoms with E-state index in [2.05, 4.69) is 12.2 Å². The lowest BCUT2D eigenvalue weighted by atomic mass is 9.86. The summed E-state index contributed by atoms with van der Waals surface area (Å²) in [7, 11) is 0. The molecule has 0 spiro atoms. The first-order chi connectivity index (χ1) is 11.5. The molecule has 2 unspecified atom stereocenters. The second-order valence-corrected chi connectivity index (χ2v) is 6.12. The van der Waals surface area contributed by atoms with E-state index in [9.17, 15) is 9.59 Å². The lowest BCUT2D eigenvalue weighted by molar-refractivity contribution is -0.139. The van der Waals surface area contributed by atoms with E-state index < -0.39 is 12.6 Å². The average molecular weight is 335 g/mol. The molecule has 6 heteroatoms. The zero-order chi connectivity index (χ0) is 17.5. The van der Waals surface area contributed by atoms with Gasteiger partial charge in [-0.25, -0.2) is 4.79 Å². The highest BCUT2D eigenvalue weighted by Gasteiger charge is 2.23. The van der Waals surface area contributed by atoms with E-state index in [0.29, 0.717) is 29.6 Å². The summed E-state index contributed by atoms with van der Waals surface area (Å²) < 4.78 is 10.7. The van der Waals surface area contributed by atoms with Crippen molar-refractivity contribution in [3.63, 3.8) is 0 Å². The van der Waals surface area contributed by atoms with Gasteiger partial charge in [0, 0.05) is 11.6 Å². The predicted octanol–water partition coefficient (Wildman–Crippen LogP) is 2.86. The van der Waals surface area contributed by atoms with Gasteiger partial charge in [0.05, 0.1) is 6.61 Å². The molecule has 0 saturated heterocycles. The van der Waals surface area contributed by atoms with E-state index in [1.807, 2.05) is 6.92 Å². The Balaban J connectivity index is 2.09. The van der Waals surface area contributed by atoms with Gasteiger partial charge in [0.2, 0.25) is 0 Å². The topological polar surface area (TPSA) is 84.9 Å². The molecule has 0 radical (unpaired) electrons. The standard InChI is InChI=1S/C18H25NO5/c1-3-23-16-10-13(8-9-15(16)24-11-17(20)21)18(22)19-14-7-5-4-6-12(14)2/h8-10,12,14H,3-7,11H2,1-2H3,(H,19,22)(H,20,21). The number of benzene rings is 1. The van der Waals surface area contributed by atoms with Crippen molar-refractivity contribution in [2.45, 2.75) is 45.6 Å². The highest BCUT2D eigenvalue weighted by Crippen LogP contribution is 2.29. The SMILES string of the molecule is CCOc1cc(C(=O)NC2CCCCC2C)ccc1OCC(=O)O. The van der Waals surface area contributed by atoms with Crippen LogP contribution >= 0.6 is 0 Å². The second kappa shape index (κ2) is 8.57. The lowest BCUT2D eigenvalue weighted by Gasteiger charge is -2.29. The average Bonchev–Trinajstić information content (AvgIpc) is 2.56. The van der Waals surface area contributed by atoms with Crippen LogP contribution in [0.2, 0.25) is 0 Å². The first-order valence-electron chi connectivity index (χ1n) is 8.43. The first kappa shape index (κ1) is 18.1. The third kappa shape index (κ3) is 4.88. The first-order valence-corrected chi connectivity index (χ1v) is 8.43. The largest absolute Gasteiger partial charge is 0.490 e. The quantitative estimate of drug-likeness (QED) is 0.800. The zero-order valence-electron chi connectivity index (χ0n) is 14.2. The van der Waals surface area contributed by atoms with Gasteiger partial charge in [-0.1, -0.05) is 19.8 Å². The van der Waals surface area contributed by atoms with Crippen LogP contribution in [0.3, 0.4) is 0 Å². The van der Waals surface area contributed by atoms with E-state index in [0.717, 1.165) is 19.3 Å². The summed E-state index contributed by atoms with van der Waals surface area (Å²) in [6.07, 6.45) is 4.50. The number of carbonyl (C=O) groups excluding carboxylic acids is 1. The van der Waals surface area contributed by atoms with Crippen molar-refractivity contribution in [1.29, 1.82) is 0 Å². The van der Waals surface area contributed by atoms with Crippen molar-refractivity contribution in [1.82, 2.24) is 5.32 Å². The summed E-state index contributed by atoms with van der Waals surface area (Å²) >= 11 is 0. The van der Waals surface area contributed by atoms with E-state index in [4.69, 9.17) is 14.6 Å². The summed E-state index contributed by atoms with van der Waals surface area (Å²) in [5, 5.41) is 11.8. The predicted molar refractivity (Wildman–Crippen MR) is 89.6 cm³/mol. The number of nitrogens with one attached hydrogen (secondary N) is 1. The molecule has 1 aromatic rings. The highest BCUT2D eigenvalue weighted by molar-refractivity contribution is 5.95. The highest BCUT2D eigenvalue weighted by atomic mass is 16.5. The van der Waals surface area contributed by atoms with Gasteiger partial charge in [-0.15, -0.1) is 0 Å². The molecule has 0 heterocycles. The molecule has 6 nitrogen and oxygen atoms in total. The van der Waals surface area contributed by atoms with Crippen molar-refractivity contribution >= 4 is 11.9 Å². The Hall–Kier alpha value is -2.24. The van der Waals surface area contributed by atoms with Gasteiger partial charge >= 0.3 is 5.97 Å². The van der Waals surface area contributed by atoms with Crippen LogP contribution in [0.4, 0.5) is 0 Å². The van der Waals surface area contributed by atoms with Crippen LogP contribution in [0.15, 0.2) is 18.2 Å². The maximum atomic E-state index is 12.5. The number of hydrogen-bond acceptors (Lipinski definition) is 4. The van der Waals surface area contributed by atoms with E-state index in [1.54, 1.807) is 18.2 Å². The number of aliphatic carboxylic acids is 1. The van der Waals surface area contributed by atoms with Gasteiger partial charge in [0.25, 0.3) is 5.91 Å². The Kier molecular flexibility index (Phi) is 6.46. The molecule has 132 valence electrons. The number of carboxylic acids is 1. The summed E-state index contributed by atoms with van der Waals surface area (Å²) in [5.41, 5.74) is 0.485. The second-order valence-electron chi connectivity index (χ2n) is 6.12. The van der Waals surface area contributed by atoms with E-state index in [1.165, 1.54) is 6.42 Å². The Morgan fingerprint density at radius 1 is 1.21 bits per heavy atom. The Morgan fingerprint density at radius 2 is 1.96 bits per heavy atom. The van der Waals surface area contributed by atoms with Crippen molar-refractivity contribution in [2.75, 3.05) is 13.2 Å². The number of carbonyl (C=O) groups is 2. The smallest absolute Gasteiger partial charge is 0.341 e. The molecule has 1 aliphatic rings. The Morgan fingerprint density at radius 3 is 2.62 bits per heavy atom. The molecule has 2 atom stereocenters. The number of hydrogen-bond donors (Lipinski definition) is 2. The molecule has 0 bridgehead atoms. The molecular formula is C18H25NO5. The minimum atomic E-state index is -1.06. The van der Waals surface area contributed by atoms with Crippen LogP contribution in [-0.2, 0) is 4.79 Å². The monoisotopic (exact) mass is 335 g/mol. The van der Waals surface area contributed by atoms with Crippen molar-refractivity contribution in [3.8, 4) is 11.5 Å². The number of carboxylic acid groups (broad SMARTS) is 1. The van der Waals surface area contributed by atoms with Crippen LogP contribution in [0.5, 0.6) is 11.5 Å². The molecule has 24 heavy (non-hydrogen) atoms. The van der Waals surface area contributed by atoms with Gasteiger partial charge in [-0.2, -0.15) is 0 Å². The molecule has 2 rings (SSSR count). The fourth-order valence-corrected chi connectivity index (χ4v) is 2.96. The minimum Gasteiger partial charge on any atom is -0.490 e. The number of amides is 1.